The molecule has 3 rings (SSSR count). The molecule has 1 aromatic carbocycles. The van der Waals surface area contributed by atoms with Crippen molar-refractivity contribution < 1.29 is 9.53 Å². The number of amides is 1. The van der Waals surface area contributed by atoms with E-state index >= 15 is 0 Å². The quantitative estimate of drug-likeness (QED) is 0.735. The van der Waals surface area contributed by atoms with E-state index in [0.29, 0.717) is 17.9 Å². The fourth-order valence-corrected chi connectivity index (χ4v) is 3.62. The molecule has 0 saturated carbocycles. The molecule has 0 bridgehead atoms. The van der Waals surface area contributed by atoms with Gasteiger partial charge in [0.15, 0.2) is 0 Å². The second kappa shape index (κ2) is 7.53. The highest BCUT2D eigenvalue weighted by Crippen LogP contribution is 2.24. The molecule has 0 aliphatic rings. The molecule has 0 saturated heterocycles. The van der Waals surface area contributed by atoms with Crippen LogP contribution in [0.2, 0.25) is 0 Å². The van der Waals surface area contributed by atoms with Gasteiger partial charge in [0.2, 0.25) is 0 Å². The van der Waals surface area contributed by atoms with E-state index in [0.717, 1.165) is 16.3 Å². The lowest BCUT2D eigenvalue weighted by Crippen LogP contribution is -2.31. The summed E-state index contributed by atoms with van der Waals surface area (Å²) in [6.07, 6.45) is 0. The minimum absolute atomic E-state index is 0.0248. The molecule has 2 aromatic heterocycles. The highest BCUT2D eigenvalue weighted by molar-refractivity contribution is 7.10. The number of nitrogens with one attached hydrogen (secondary N) is 1. The van der Waals surface area contributed by atoms with Gasteiger partial charge in [-0.1, -0.05) is 12.1 Å². The van der Waals surface area contributed by atoms with E-state index < -0.39 is 0 Å². The maximum Gasteiger partial charge on any atom is 0.251 e. The molecule has 3 aromatic rings. The van der Waals surface area contributed by atoms with Gasteiger partial charge < -0.3 is 10.1 Å². The molecule has 1 amide bonds. The SMILES string of the molecule is COc1cccc(C(=O)NCC(c2cccs2)n2nc(C)cc2C)c1. The summed E-state index contributed by atoms with van der Waals surface area (Å²) >= 11 is 1.67. The van der Waals surface area contributed by atoms with Crippen LogP contribution in [0.25, 0.3) is 0 Å². The van der Waals surface area contributed by atoms with E-state index in [1.54, 1.807) is 30.6 Å². The Kier molecular flexibility index (Phi) is 5.19. The van der Waals surface area contributed by atoms with Crippen LogP contribution in [0.5, 0.6) is 5.75 Å². The highest BCUT2D eigenvalue weighted by atomic mass is 32.1. The van der Waals surface area contributed by atoms with E-state index in [1.807, 2.05) is 48.2 Å². The molecule has 1 N–H and O–H groups in total. The molecule has 2 heterocycles. The Morgan fingerprint density at radius 2 is 2.12 bits per heavy atom. The first kappa shape index (κ1) is 17.2. The monoisotopic (exact) mass is 355 g/mol. The van der Waals surface area contributed by atoms with Crippen molar-refractivity contribution in [2.24, 2.45) is 0 Å². The zero-order valence-corrected chi connectivity index (χ0v) is 15.3. The summed E-state index contributed by atoms with van der Waals surface area (Å²) in [5, 5.41) is 9.66. The van der Waals surface area contributed by atoms with Crippen LogP contribution < -0.4 is 10.1 Å². The van der Waals surface area contributed by atoms with Gasteiger partial charge in [-0.3, -0.25) is 9.48 Å². The number of aryl methyl sites for hydroxylation is 2. The normalized spacial score (nSPS) is 12.0. The molecule has 0 radical (unpaired) electrons. The average molecular weight is 355 g/mol. The predicted octanol–water partition coefficient (Wildman–Crippen LogP) is 3.59. The first-order valence-electron chi connectivity index (χ1n) is 8.07. The highest BCUT2D eigenvalue weighted by Gasteiger charge is 2.19. The zero-order chi connectivity index (χ0) is 17.8. The van der Waals surface area contributed by atoms with Gasteiger partial charge in [0.1, 0.15) is 11.8 Å². The molecule has 1 atom stereocenters. The zero-order valence-electron chi connectivity index (χ0n) is 14.5. The molecule has 25 heavy (non-hydrogen) atoms. The summed E-state index contributed by atoms with van der Waals surface area (Å²) in [7, 11) is 1.59. The molecular weight excluding hydrogens is 334 g/mol. The molecule has 1 unspecified atom stereocenters. The van der Waals surface area contributed by atoms with E-state index in [2.05, 4.69) is 16.5 Å². The van der Waals surface area contributed by atoms with Gasteiger partial charge in [0.25, 0.3) is 5.91 Å². The number of thiophene rings is 1. The second-order valence-electron chi connectivity index (χ2n) is 5.84. The Hall–Kier alpha value is -2.60. The number of nitrogens with zero attached hydrogens (tertiary/aromatic N) is 2. The lowest BCUT2D eigenvalue weighted by molar-refractivity contribution is 0.0949. The number of hydrogen-bond donors (Lipinski definition) is 1. The number of carbonyl (C=O) groups is 1. The Morgan fingerprint density at radius 3 is 2.76 bits per heavy atom. The van der Waals surface area contributed by atoms with E-state index in [9.17, 15) is 4.79 Å². The number of hydrogen-bond acceptors (Lipinski definition) is 4. The molecule has 130 valence electrons. The fraction of sp³-hybridized carbons (Fsp3) is 0.263. The fourth-order valence-electron chi connectivity index (χ4n) is 2.81. The third kappa shape index (κ3) is 3.91. The van der Waals surface area contributed by atoms with Crippen molar-refractivity contribution in [1.82, 2.24) is 15.1 Å². The Labute approximate surface area is 151 Å². The van der Waals surface area contributed by atoms with Gasteiger partial charge in [0, 0.05) is 22.7 Å². The average Bonchev–Trinajstić information content (AvgIpc) is 3.25. The van der Waals surface area contributed by atoms with Gasteiger partial charge >= 0.3 is 0 Å². The third-order valence-electron chi connectivity index (χ3n) is 4.00. The van der Waals surface area contributed by atoms with E-state index in [4.69, 9.17) is 4.74 Å². The van der Waals surface area contributed by atoms with Crippen molar-refractivity contribution in [3.8, 4) is 5.75 Å². The predicted molar refractivity (Wildman–Crippen MR) is 99.5 cm³/mol. The van der Waals surface area contributed by atoms with Crippen LogP contribution in [0.15, 0.2) is 47.8 Å². The molecule has 0 spiro atoms. The number of carbonyl (C=O) groups excluding carboxylic acids is 1. The topological polar surface area (TPSA) is 56.1 Å². The smallest absolute Gasteiger partial charge is 0.251 e. The van der Waals surface area contributed by atoms with Crippen molar-refractivity contribution in [1.29, 1.82) is 0 Å². The molecule has 0 aliphatic heterocycles. The first-order chi connectivity index (χ1) is 12.1. The van der Waals surface area contributed by atoms with Gasteiger partial charge in [-0.15, -0.1) is 11.3 Å². The summed E-state index contributed by atoms with van der Waals surface area (Å²) in [5.74, 6) is 0.544. The number of methoxy groups -OCH3 is 1. The van der Waals surface area contributed by atoms with Crippen LogP contribution in [0.4, 0.5) is 0 Å². The maximum atomic E-state index is 12.5. The van der Waals surface area contributed by atoms with Gasteiger partial charge in [-0.2, -0.15) is 5.10 Å². The molecule has 0 fully saturated rings. The number of benzene rings is 1. The Balaban J connectivity index is 1.79. The molecular formula is C19H21N3O2S. The summed E-state index contributed by atoms with van der Waals surface area (Å²) in [6, 6.07) is 13.3. The summed E-state index contributed by atoms with van der Waals surface area (Å²) in [4.78, 5) is 13.7. The Bertz CT molecular complexity index is 855. The van der Waals surface area contributed by atoms with Crippen LogP contribution in [0.3, 0.4) is 0 Å². The molecule has 5 nitrogen and oxygen atoms in total. The standard InChI is InChI=1S/C19H21N3O2S/c1-13-10-14(2)22(21-13)17(18-8-5-9-25-18)12-20-19(23)15-6-4-7-16(11-15)24-3/h4-11,17H,12H2,1-3H3,(H,20,23). The van der Waals surface area contributed by atoms with Crippen LogP contribution in [0.1, 0.15) is 32.7 Å². The number of rotatable bonds is 6. The van der Waals surface area contributed by atoms with Crippen molar-refractivity contribution in [3.63, 3.8) is 0 Å². The molecule has 0 aliphatic carbocycles. The van der Waals surface area contributed by atoms with Gasteiger partial charge in [-0.05, 0) is 49.6 Å². The van der Waals surface area contributed by atoms with Crippen molar-refractivity contribution in [2.45, 2.75) is 19.9 Å². The first-order valence-corrected chi connectivity index (χ1v) is 8.95. The number of ether oxygens (including phenoxy) is 1. The maximum absolute atomic E-state index is 12.5. The summed E-state index contributed by atoms with van der Waals surface area (Å²) in [5.41, 5.74) is 2.63. The van der Waals surface area contributed by atoms with Crippen molar-refractivity contribution in [2.75, 3.05) is 13.7 Å². The van der Waals surface area contributed by atoms with Crippen LogP contribution in [-0.4, -0.2) is 29.3 Å². The lowest BCUT2D eigenvalue weighted by Gasteiger charge is -2.19. The number of aromatic nitrogens is 2. The van der Waals surface area contributed by atoms with Crippen LogP contribution in [-0.2, 0) is 0 Å². The molecule has 6 heteroatoms. The third-order valence-corrected chi connectivity index (χ3v) is 4.97. The minimum Gasteiger partial charge on any atom is -0.497 e. The van der Waals surface area contributed by atoms with Crippen molar-refractivity contribution >= 4 is 17.2 Å². The van der Waals surface area contributed by atoms with Gasteiger partial charge in [0.05, 0.1) is 12.8 Å². The van der Waals surface area contributed by atoms with Gasteiger partial charge in [-0.25, -0.2) is 0 Å². The minimum atomic E-state index is -0.123. The Morgan fingerprint density at radius 1 is 1.28 bits per heavy atom. The lowest BCUT2D eigenvalue weighted by atomic mass is 10.2. The largest absolute Gasteiger partial charge is 0.497 e. The summed E-state index contributed by atoms with van der Waals surface area (Å²) in [6.45, 7) is 4.48. The van der Waals surface area contributed by atoms with E-state index in [-0.39, 0.29) is 11.9 Å². The van der Waals surface area contributed by atoms with Crippen molar-refractivity contribution in [3.05, 3.63) is 69.7 Å². The second-order valence-corrected chi connectivity index (χ2v) is 6.82. The van der Waals surface area contributed by atoms with E-state index in [1.165, 1.54) is 0 Å². The van der Waals surface area contributed by atoms with Crippen LogP contribution in [0, 0.1) is 13.8 Å². The summed E-state index contributed by atoms with van der Waals surface area (Å²) < 4.78 is 7.16. The van der Waals surface area contributed by atoms with Crippen LogP contribution >= 0.6 is 11.3 Å².